The van der Waals surface area contributed by atoms with Gasteiger partial charge in [0.05, 0.1) is 28.1 Å². The second-order valence-corrected chi connectivity index (χ2v) is 12.4. The van der Waals surface area contributed by atoms with Gasteiger partial charge in [-0.2, -0.15) is 0 Å². The molecule has 2 N–H and O–H groups in total. The quantitative estimate of drug-likeness (QED) is 0.443. The molecule has 0 aliphatic carbocycles. The molecule has 2 aromatic carbocycles. The predicted molar refractivity (Wildman–Crippen MR) is 142 cm³/mol. The lowest BCUT2D eigenvalue weighted by atomic mass is 10.1. The van der Waals surface area contributed by atoms with Gasteiger partial charge < -0.3 is 10.3 Å². The Morgan fingerprint density at radius 2 is 1.91 bits per heavy atom. The number of fused-ring (bicyclic) bond motifs is 1. The van der Waals surface area contributed by atoms with Gasteiger partial charge in [-0.05, 0) is 61.9 Å². The van der Waals surface area contributed by atoms with Crippen molar-refractivity contribution >= 4 is 48.3 Å². The van der Waals surface area contributed by atoms with Crippen LogP contribution in [-0.4, -0.2) is 54.3 Å². The fourth-order valence-electron chi connectivity index (χ4n) is 4.72. The van der Waals surface area contributed by atoms with Crippen LogP contribution in [0.5, 0.6) is 0 Å². The topological polar surface area (TPSA) is 104 Å². The van der Waals surface area contributed by atoms with Crippen molar-refractivity contribution in [2.24, 2.45) is 0 Å². The van der Waals surface area contributed by atoms with Gasteiger partial charge in [-0.1, -0.05) is 34.5 Å². The van der Waals surface area contributed by atoms with Crippen molar-refractivity contribution in [1.82, 2.24) is 19.8 Å². The van der Waals surface area contributed by atoms with Crippen molar-refractivity contribution in [2.75, 3.05) is 19.3 Å². The summed E-state index contributed by atoms with van der Waals surface area (Å²) in [6.45, 7) is 5.15. The predicted octanol–water partition coefficient (Wildman–Crippen LogP) is 3.13. The molecule has 1 saturated heterocycles. The molecule has 8 nitrogen and oxygen atoms in total. The van der Waals surface area contributed by atoms with Crippen LogP contribution in [0.2, 0.25) is 5.02 Å². The highest BCUT2D eigenvalue weighted by atomic mass is 79.9. The highest BCUT2D eigenvalue weighted by Crippen LogP contribution is 2.27. The van der Waals surface area contributed by atoms with Gasteiger partial charge in [-0.25, -0.2) is 13.2 Å². The molecular weight excluding hydrogens is 556 g/mol. The number of hydrogen-bond acceptors (Lipinski definition) is 6. The second-order valence-electron chi connectivity index (χ2n) is 8.86. The van der Waals surface area contributed by atoms with Crippen molar-refractivity contribution in [2.45, 2.75) is 50.3 Å². The first kappa shape index (κ1) is 26.1. The van der Waals surface area contributed by atoms with E-state index in [4.69, 9.17) is 11.6 Å². The number of likely N-dealkylation sites (tertiary alicyclic amines) is 1. The van der Waals surface area contributed by atoms with Crippen molar-refractivity contribution in [3.8, 4) is 0 Å². The third kappa shape index (κ3) is 5.13. The Morgan fingerprint density at radius 3 is 2.57 bits per heavy atom. The van der Waals surface area contributed by atoms with Crippen LogP contribution in [0.3, 0.4) is 0 Å². The minimum Gasteiger partial charge on any atom is -0.315 e. The van der Waals surface area contributed by atoms with Crippen LogP contribution in [-0.2, 0) is 22.9 Å². The number of sulfone groups is 1. The van der Waals surface area contributed by atoms with Gasteiger partial charge in [0.25, 0.3) is 5.56 Å². The Morgan fingerprint density at radius 1 is 1.17 bits per heavy atom. The maximum atomic E-state index is 13.3. The molecule has 1 aliphatic rings. The van der Waals surface area contributed by atoms with Crippen LogP contribution in [0.1, 0.15) is 31.4 Å². The maximum absolute atomic E-state index is 13.3. The van der Waals surface area contributed by atoms with E-state index in [2.05, 4.69) is 38.1 Å². The molecule has 188 valence electrons. The summed E-state index contributed by atoms with van der Waals surface area (Å²) in [5.41, 5.74) is 0.601. The first-order chi connectivity index (χ1) is 16.6. The molecule has 0 saturated carbocycles. The highest BCUT2D eigenvalue weighted by molar-refractivity contribution is 9.10. The Hall–Kier alpha value is -1.98. The summed E-state index contributed by atoms with van der Waals surface area (Å²) in [7, 11) is -1.60. The number of aromatic nitrogens is 2. The lowest BCUT2D eigenvalue weighted by molar-refractivity contribution is 0.244. The number of aromatic amines is 1. The fourth-order valence-corrected chi connectivity index (χ4v) is 6.49. The molecule has 1 aliphatic heterocycles. The standard InChI is InChI=1S/C24H28BrClN4O4S/c1-4-35(33,34)22-6-5-17(26)9-16(22)13-30-23(31)18-11-19(25)15(10-21(18)28-24(30)32)12-29-8-7-20(27-3)14(29)2/h5-6,9-11,14,20,27H,4,7-8,12-13H2,1-3H3,(H,28,32). The average molecular weight is 584 g/mol. The number of nitrogens with zero attached hydrogens (tertiary/aromatic N) is 2. The summed E-state index contributed by atoms with van der Waals surface area (Å²) in [6, 6.07) is 8.72. The average Bonchev–Trinajstić information content (AvgIpc) is 3.17. The number of hydrogen-bond donors (Lipinski definition) is 2. The van der Waals surface area contributed by atoms with E-state index in [9.17, 15) is 18.0 Å². The Labute approximate surface area is 217 Å². The van der Waals surface area contributed by atoms with Gasteiger partial charge in [0.2, 0.25) is 0 Å². The zero-order valence-corrected chi connectivity index (χ0v) is 22.9. The molecule has 4 rings (SSSR count). The fraction of sp³-hybridized carbons (Fsp3) is 0.417. The molecule has 2 heterocycles. The smallest absolute Gasteiger partial charge is 0.315 e. The molecule has 1 aromatic heterocycles. The summed E-state index contributed by atoms with van der Waals surface area (Å²) in [4.78, 5) is 31.5. The summed E-state index contributed by atoms with van der Waals surface area (Å²) >= 11 is 9.70. The van der Waals surface area contributed by atoms with Gasteiger partial charge in [0.1, 0.15) is 0 Å². The molecule has 0 radical (unpaired) electrons. The number of nitrogens with one attached hydrogen (secondary N) is 2. The lowest BCUT2D eigenvalue weighted by Gasteiger charge is -2.25. The van der Waals surface area contributed by atoms with E-state index < -0.39 is 21.1 Å². The summed E-state index contributed by atoms with van der Waals surface area (Å²) in [5.74, 6) is -0.106. The monoisotopic (exact) mass is 582 g/mol. The van der Waals surface area contributed by atoms with Crippen molar-refractivity contribution in [3.05, 3.63) is 71.8 Å². The lowest BCUT2D eigenvalue weighted by Crippen LogP contribution is -2.38. The zero-order chi connectivity index (χ0) is 25.5. The van der Waals surface area contributed by atoms with Crippen LogP contribution in [0.4, 0.5) is 0 Å². The van der Waals surface area contributed by atoms with E-state index in [1.54, 1.807) is 13.0 Å². The molecule has 0 bridgehead atoms. The third-order valence-electron chi connectivity index (χ3n) is 6.84. The van der Waals surface area contributed by atoms with E-state index >= 15 is 0 Å². The van der Waals surface area contributed by atoms with E-state index in [0.717, 1.165) is 27.6 Å². The van der Waals surface area contributed by atoms with E-state index in [0.29, 0.717) is 40.1 Å². The van der Waals surface area contributed by atoms with Crippen LogP contribution in [0, 0.1) is 0 Å². The minimum absolute atomic E-state index is 0.0620. The maximum Gasteiger partial charge on any atom is 0.329 e. The zero-order valence-electron chi connectivity index (χ0n) is 19.8. The largest absolute Gasteiger partial charge is 0.329 e. The van der Waals surface area contributed by atoms with E-state index in [1.165, 1.54) is 18.2 Å². The number of halogens is 2. The van der Waals surface area contributed by atoms with Crippen LogP contribution in [0.15, 0.2) is 49.3 Å². The first-order valence-corrected chi connectivity index (χ1v) is 14.3. The van der Waals surface area contributed by atoms with Crippen LogP contribution < -0.4 is 16.6 Å². The normalized spacial score (nSPS) is 19.0. The SMILES string of the molecule is CCS(=O)(=O)c1ccc(Cl)cc1Cn1c(=O)[nH]c2cc(CN3CCC(NC)C3C)c(Br)cc2c1=O. The molecule has 2 unspecified atom stereocenters. The molecule has 1 fully saturated rings. The summed E-state index contributed by atoms with van der Waals surface area (Å²) in [5, 5.41) is 4.01. The Balaban J connectivity index is 1.74. The van der Waals surface area contributed by atoms with E-state index in [-0.39, 0.29) is 17.2 Å². The molecule has 0 spiro atoms. The van der Waals surface area contributed by atoms with Crippen molar-refractivity contribution < 1.29 is 8.42 Å². The molecule has 35 heavy (non-hydrogen) atoms. The van der Waals surface area contributed by atoms with Gasteiger partial charge in [0, 0.05) is 34.7 Å². The van der Waals surface area contributed by atoms with E-state index in [1.807, 2.05) is 13.1 Å². The molecule has 11 heteroatoms. The summed E-state index contributed by atoms with van der Waals surface area (Å²) < 4.78 is 26.9. The van der Waals surface area contributed by atoms with Gasteiger partial charge >= 0.3 is 5.69 Å². The van der Waals surface area contributed by atoms with Crippen molar-refractivity contribution in [3.63, 3.8) is 0 Å². The number of rotatable bonds is 7. The van der Waals surface area contributed by atoms with Crippen molar-refractivity contribution in [1.29, 1.82) is 0 Å². The Bertz CT molecular complexity index is 1500. The van der Waals surface area contributed by atoms with Gasteiger partial charge in [-0.3, -0.25) is 14.3 Å². The molecule has 0 amide bonds. The van der Waals surface area contributed by atoms with Gasteiger partial charge in [0.15, 0.2) is 9.84 Å². The molecular formula is C24H28BrClN4O4S. The molecule has 3 aromatic rings. The second kappa shape index (κ2) is 10.2. The highest BCUT2D eigenvalue weighted by Gasteiger charge is 2.29. The van der Waals surface area contributed by atoms with Crippen LogP contribution >= 0.6 is 27.5 Å². The Kier molecular flexibility index (Phi) is 7.59. The summed E-state index contributed by atoms with van der Waals surface area (Å²) in [6.07, 6.45) is 1.06. The molecule has 2 atom stereocenters. The number of H-pyrrole nitrogens is 1. The first-order valence-electron chi connectivity index (χ1n) is 11.4. The van der Waals surface area contributed by atoms with Crippen LogP contribution in [0.25, 0.3) is 10.9 Å². The third-order valence-corrected chi connectivity index (χ3v) is 9.65. The van der Waals surface area contributed by atoms with Gasteiger partial charge in [-0.15, -0.1) is 0 Å². The minimum atomic E-state index is -3.57. The number of benzene rings is 2. The number of likely N-dealkylation sites (N-methyl/N-ethyl adjacent to an activating group) is 1.